The van der Waals surface area contributed by atoms with Crippen molar-refractivity contribution in [3.05, 3.63) is 60.5 Å². The van der Waals surface area contributed by atoms with Gasteiger partial charge in [0.15, 0.2) is 5.13 Å². The van der Waals surface area contributed by atoms with E-state index in [1.165, 1.54) is 28.4 Å². The summed E-state index contributed by atoms with van der Waals surface area (Å²) in [6.45, 7) is 4.56. The van der Waals surface area contributed by atoms with Gasteiger partial charge in [-0.15, -0.1) is 0 Å². The number of ether oxygens (including phenoxy) is 1. The van der Waals surface area contributed by atoms with Gasteiger partial charge in [-0.05, 0) is 48.2 Å². The van der Waals surface area contributed by atoms with Crippen LogP contribution < -0.4 is 15.0 Å². The van der Waals surface area contributed by atoms with Crippen molar-refractivity contribution in [2.75, 3.05) is 37.4 Å². The molecule has 0 atom stereocenters. The van der Waals surface area contributed by atoms with Crippen molar-refractivity contribution >= 4 is 40.5 Å². The van der Waals surface area contributed by atoms with E-state index in [0.29, 0.717) is 10.8 Å². The van der Waals surface area contributed by atoms with E-state index in [1.807, 2.05) is 18.2 Å². The van der Waals surface area contributed by atoms with Crippen LogP contribution in [0.25, 0.3) is 0 Å². The number of carbonyl (C=O) groups excluding carboxylic acids is 1. The van der Waals surface area contributed by atoms with Crippen LogP contribution in [0.5, 0.6) is 10.8 Å². The molecule has 1 aliphatic heterocycles. The molecular weight excluding hydrogens is 435 g/mol. The molecule has 0 unspecified atom stereocenters. The highest BCUT2D eigenvalue weighted by Gasteiger charge is 2.23. The number of anilines is 2. The normalized spacial score (nSPS) is 13.5. The van der Waals surface area contributed by atoms with Crippen molar-refractivity contribution < 1.29 is 13.9 Å². The van der Waals surface area contributed by atoms with E-state index in [1.54, 1.807) is 49.3 Å². The largest absolute Gasteiger partial charge is 0.445 e. The summed E-state index contributed by atoms with van der Waals surface area (Å²) in [6, 6.07) is 14.1. The van der Waals surface area contributed by atoms with Crippen LogP contribution in [0.3, 0.4) is 0 Å². The minimum absolute atomic E-state index is 0.314. The van der Waals surface area contributed by atoms with Gasteiger partial charge in [0.25, 0.3) is 0 Å². The monoisotopic (exact) mass is 460 g/mol. The molecule has 6 nitrogen and oxygen atoms in total. The van der Waals surface area contributed by atoms with Crippen LogP contribution in [0.1, 0.15) is 6.92 Å². The Labute approximate surface area is 190 Å². The molecule has 164 valence electrons. The minimum Gasteiger partial charge on any atom is -0.445 e. The van der Waals surface area contributed by atoms with Crippen LogP contribution in [-0.2, 0) is 4.79 Å². The Balaban J connectivity index is 0.000000176. The third-order valence-corrected chi connectivity index (χ3v) is 6.27. The molecule has 0 bridgehead atoms. The number of halogens is 1. The molecule has 9 heteroatoms. The van der Waals surface area contributed by atoms with E-state index in [9.17, 15) is 9.18 Å². The lowest BCUT2D eigenvalue weighted by atomic mass is 10.1. The molecule has 4 rings (SSSR count). The molecule has 1 N–H and O–H groups in total. The first-order valence-electron chi connectivity index (χ1n) is 9.75. The molecule has 0 aliphatic carbocycles. The Kier molecular flexibility index (Phi) is 8.27. The second kappa shape index (κ2) is 11.1. The zero-order chi connectivity index (χ0) is 22.2. The van der Waals surface area contributed by atoms with Crippen molar-refractivity contribution in [2.24, 2.45) is 5.92 Å². The molecule has 0 radical (unpaired) electrons. The van der Waals surface area contributed by atoms with Crippen molar-refractivity contribution in [1.29, 1.82) is 0 Å². The zero-order valence-corrected chi connectivity index (χ0v) is 19.3. The highest BCUT2D eigenvalue weighted by atomic mass is 32.2. The Morgan fingerprint density at radius 1 is 1.29 bits per heavy atom. The highest BCUT2D eigenvalue weighted by Crippen LogP contribution is 2.32. The number of benzene rings is 2. The van der Waals surface area contributed by atoms with Gasteiger partial charge in [-0.3, -0.25) is 4.79 Å². The van der Waals surface area contributed by atoms with E-state index >= 15 is 0 Å². The number of hydrogen-bond donors (Lipinski definition) is 1. The molecule has 2 aromatic carbocycles. The summed E-state index contributed by atoms with van der Waals surface area (Å²) >= 11 is 3.13. The minimum atomic E-state index is -0.314. The Morgan fingerprint density at radius 2 is 2.06 bits per heavy atom. The summed E-state index contributed by atoms with van der Waals surface area (Å²) in [5.41, 5.74) is 0.938. The summed E-state index contributed by atoms with van der Waals surface area (Å²) in [7, 11) is 3.55. The fourth-order valence-electron chi connectivity index (χ4n) is 2.75. The third kappa shape index (κ3) is 6.95. The van der Waals surface area contributed by atoms with Crippen LogP contribution in [-0.4, -0.2) is 42.9 Å². The Morgan fingerprint density at radius 3 is 2.71 bits per heavy atom. The Bertz CT molecular complexity index is 995. The second-order valence-electron chi connectivity index (χ2n) is 7.05. The topological polar surface area (TPSA) is 57.7 Å². The first-order valence-corrected chi connectivity index (χ1v) is 11.3. The fourth-order valence-corrected chi connectivity index (χ4v) is 4.67. The van der Waals surface area contributed by atoms with Crippen molar-refractivity contribution in [2.45, 2.75) is 11.8 Å². The van der Waals surface area contributed by atoms with E-state index in [-0.39, 0.29) is 5.82 Å². The molecule has 1 saturated heterocycles. The van der Waals surface area contributed by atoms with Gasteiger partial charge in [-0.25, -0.2) is 13.7 Å². The van der Waals surface area contributed by atoms with Gasteiger partial charge in [0, 0.05) is 43.8 Å². The Hall–Kier alpha value is -2.62. The number of hydrogen-bond acceptors (Lipinski definition) is 7. The van der Waals surface area contributed by atoms with Crippen LogP contribution in [0, 0.1) is 11.7 Å². The number of carbonyl (C=O) groups is 1. The lowest BCUT2D eigenvalue weighted by Crippen LogP contribution is -2.39. The van der Waals surface area contributed by atoms with E-state index in [0.717, 1.165) is 36.2 Å². The van der Waals surface area contributed by atoms with E-state index in [2.05, 4.69) is 27.6 Å². The first kappa shape index (κ1) is 23.1. The number of aromatic nitrogens is 1. The van der Waals surface area contributed by atoms with Gasteiger partial charge in [0.2, 0.25) is 11.5 Å². The first-order chi connectivity index (χ1) is 15.0. The lowest BCUT2D eigenvalue weighted by Gasteiger charge is -2.35. The van der Waals surface area contributed by atoms with Gasteiger partial charge in [0.05, 0.1) is 6.20 Å². The number of amides is 1. The average molecular weight is 461 g/mol. The van der Waals surface area contributed by atoms with Crippen LogP contribution >= 0.6 is 23.3 Å². The summed E-state index contributed by atoms with van der Waals surface area (Å²) in [5.74, 6) is 0.973. The standard InChI is InChI=1S/C12H16N2OS.C10H9FN2OS/c1-10-7-14(8-10)16-12-5-3-4-11(6-12)13(2)9-15;1-12-10-13-6-9(15-10)14-8-4-2-3-7(11)5-8/h3-6,9-10H,7-8H2,1-2H3;2-6H,1H3,(H,12,13). The molecule has 1 aliphatic rings. The summed E-state index contributed by atoms with van der Waals surface area (Å²) in [5, 5.41) is 4.29. The van der Waals surface area contributed by atoms with Gasteiger partial charge in [-0.2, -0.15) is 0 Å². The van der Waals surface area contributed by atoms with Crippen LogP contribution in [0.2, 0.25) is 0 Å². The van der Waals surface area contributed by atoms with Crippen molar-refractivity contribution in [3.63, 3.8) is 0 Å². The average Bonchev–Trinajstić information content (AvgIpc) is 3.20. The summed E-state index contributed by atoms with van der Waals surface area (Å²) in [4.78, 5) is 17.5. The molecule has 3 aromatic rings. The fraction of sp³-hybridized carbons (Fsp3) is 0.273. The molecule has 0 spiro atoms. The number of rotatable bonds is 7. The molecule has 1 aromatic heterocycles. The van der Waals surface area contributed by atoms with Crippen LogP contribution in [0.15, 0.2) is 59.6 Å². The van der Waals surface area contributed by atoms with Gasteiger partial charge in [0.1, 0.15) is 11.6 Å². The maximum Gasteiger partial charge on any atom is 0.213 e. The molecule has 0 saturated carbocycles. The SMILES string of the molecule is CC1CN(Sc2cccc(N(C)C=O)c2)C1.CNc1ncc(Oc2cccc(F)c2)s1. The van der Waals surface area contributed by atoms with E-state index < -0.39 is 0 Å². The molecule has 2 heterocycles. The quantitative estimate of drug-likeness (QED) is 0.379. The van der Waals surface area contributed by atoms with Crippen LogP contribution in [0.4, 0.5) is 15.2 Å². The zero-order valence-electron chi connectivity index (χ0n) is 17.6. The predicted octanol–water partition coefficient (Wildman–Crippen LogP) is 5.35. The van der Waals surface area contributed by atoms with E-state index in [4.69, 9.17) is 4.74 Å². The molecule has 1 amide bonds. The number of thiazole rings is 1. The van der Waals surface area contributed by atoms with Crippen molar-refractivity contribution in [1.82, 2.24) is 9.29 Å². The molecule has 1 fully saturated rings. The molecule has 31 heavy (non-hydrogen) atoms. The molecular formula is C22H25FN4O2S2. The number of nitrogens with one attached hydrogen (secondary N) is 1. The second-order valence-corrected chi connectivity index (χ2v) is 9.21. The van der Waals surface area contributed by atoms with Gasteiger partial charge in [-0.1, -0.05) is 30.4 Å². The lowest BCUT2D eigenvalue weighted by molar-refractivity contribution is -0.107. The third-order valence-electron chi connectivity index (χ3n) is 4.36. The van der Waals surface area contributed by atoms with Gasteiger partial charge < -0.3 is 15.0 Å². The van der Waals surface area contributed by atoms with Crippen molar-refractivity contribution in [3.8, 4) is 10.8 Å². The van der Waals surface area contributed by atoms with Gasteiger partial charge >= 0.3 is 0 Å². The maximum atomic E-state index is 12.8. The summed E-state index contributed by atoms with van der Waals surface area (Å²) < 4.78 is 20.6. The summed E-state index contributed by atoms with van der Waals surface area (Å²) in [6.07, 6.45) is 2.43. The highest BCUT2D eigenvalue weighted by molar-refractivity contribution is 7.97. The smallest absolute Gasteiger partial charge is 0.213 e. The number of nitrogens with zero attached hydrogens (tertiary/aromatic N) is 3. The predicted molar refractivity (Wildman–Crippen MR) is 126 cm³/mol. The maximum absolute atomic E-state index is 12.8.